The van der Waals surface area contributed by atoms with Gasteiger partial charge in [-0.05, 0) is 49.4 Å². The van der Waals surface area contributed by atoms with E-state index in [1.165, 1.54) is 4.90 Å². The van der Waals surface area contributed by atoms with E-state index in [2.05, 4.69) is 5.32 Å². The van der Waals surface area contributed by atoms with Crippen molar-refractivity contribution < 1.29 is 14.4 Å². The fourth-order valence-corrected chi connectivity index (χ4v) is 4.22. The molecule has 0 aromatic heterocycles. The first-order chi connectivity index (χ1) is 14.1. The van der Waals surface area contributed by atoms with E-state index < -0.39 is 6.04 Å². The molecule has 1 atom stereocenters. The van der Waals surface area contributed by atoms with Crippen molar-refractivity contribution in [3.8, 4) is 0 Å². The highest BCUT2D eigenvalue weighted by molar-refractivity contribution is 6.13. The average molecular weight is 391 g/mol. The fourth-order valence-electron chi connectivity index (χ4n) is 4.22. The number of hydrogen-bond donors (Lipinski definition) is 1. The van der Waals surface area contributed by atoms with Crippen molar-refractivity contribution in [3.05, 3.63) is 59.7 Å². The van der Waals surface area contributed by atoms with Crippen LogP contribution in [0.4, 0.5) is 11.4 Å². The number of anilines is 2. The van der Waals surface area contributed by atoms with Crippen molar-refractivity contribution in [3.63, 3.8) is 0 Å². The molecule has 1 N–H and O–H groups in total. The highest BCUT2D eigenvalue weighted by Crippen LogP contribution is 2.31. The van der Waals surface area contributed by atoms with Crippen molar-refractivity contribution in [2.45, 2.75) is 38.6 Å². The van der Waals surface area contributed by atoms with Crippen LogP contribution in [0.2, 0.25) is 0 Å². The molecule has 4 rings (SSSR count). The molecule has 6 heteroatoms. The van der Waals surface area contributed by atoms with Crippen molar-refractivity contribution in [1.29, 1.82) is 0 Å². The van der Waals surface area contributed by atoms with Crippen LogP contribution in [0.1, 0.15) is 42.1 Å². The van der Waals surface area contributed by atoms with Gasteiger partial charge in [-0.2, -0.15) is 0 Å². The molecule has 2 heterocycles. The summed E-state index contributed by atoms with van der Waals surface area (Å²) in [5, 5.41) is 2.93. The number of amides is 3. The maximum absolute atomic E-state index is 13.4. The van der Waals surface area contributed by atoms with Crippen molar-refractivity contribution in [2.75, 3.05) is 23.3 Å². The standard InChI is InChI=1S/C23H25N3O3/c1-2-16-9-3-5-11-18(16)24-21(27)15-26-19-12-6-4-10-17(19)22(28)25-14-8-7-13-20(25)23(26)29/h3-6,9-12,20H,2,7-8,13-15H2,1H3,(H,24,27). The quantitative estimate of drug-likeness (QED) is 0.870. The molecule has 6 nitrogen and oxygen atoms in total. The van der Waals surface area contributed by atoms with Gasteiger partial charge in [0.05, 0.1) is 11.3 Å². The minimum Gasteiger partial charge on any atom is -0.327 e. The highest BCUT2D eigenvalue weighted by atomic mass is 16.2. The van der Waals surface area contributed by atoms with Gasteiger partial charge in [0.15, 0.2) is 0 Å². The monoisotopic (exact) mass is 391 g/mol. The molecule has 0 spiro atoms. The minimum absolute atomic E-state index is 0.120. The molecule has 2 aliphatic heterocycles. The van der Waals surface area contributed by atoms with Crippen LogP contribution < -0.4 is 10.2 Å². The topological polar surface area (TPSA) is 69.7 Å². The summed E-state index contributed by atoms with van der Waals surface area (Å²) < 4.78 is 0. The molecule has 2 aromatic rings. The summed E-state index contributed by atoms with van der Waals surface area (Å²) in [5.74, 6) is -0.578. The Morgan fingerprint density at radius 2 is 1.83 bits per heavy atom. The van der Waals surface area contributed by atoms with E-state index in [9.17, 15) is 14.4 Å². The van der Waals surface area contributed by atoms with E-state index in [1.807, 2.05) is 31.2 Å². The Kier molecular flexibility index (Phi) is 5.34. The Hall–Kier alpha value is -3.15. The second-order valence-corrected chi connectivity index (χ2v) is 7.51. The maximum atomic E-state index is 13.4. The summed E-state index contributed by atoms with van der Waals surface area (Å²) >= 11 is 0. The van der Waals surface area contributed by atoms with Crippen LogP contribution in [0.15, 0.2) is 48.5 Å². The molecule has 1 saturated heterocycles. The Labute approximate surface area is 170 Å². The molecule has 1 fully saturated rings. The third-order valence-electron chi connectivity index (χ3n) is 5.71. The predicted octanol–water partition coefficient (Wildman–Crippen LogP) is 3.23. The number of nitrogens with zero attached hydrogens (tertiary/aromatic N) is 2. The zero-order valence-corrected chi connectivity index (χ0v) is 16.6. The lowest BCUT2D eigenvalue weighted by Crippen LogP contribution is -2.52. The number of carbonyl (C=O) groups excluding carboxylic acids is 3. The summed E-state index contributed by atoms with van der Waals surface area (Å²) in [4.78, 5) is 42.4. The zero-order valence-electron chi connectivity index (χ0n) is 16.6. The first-order valence-corrected chi connectivity index (χ1v) is 10.2. The largest absolute Gasteiger partial charge is 0.327 e. The number of para-hydroxylation sites is 2. The average Bonchev–Trinajstić information content (AvgIpc) is 2.84. The van der Waals surface area contributed by atoms with Gasteiger partial charge >= 0.3 is 0 Å². The van der Waals surface area contributed by atoms with Gasteiger partial charge in [0.2, 0.25) is 11.8 Å². The normalized spacial score (nSPS) is 18.7. The van der Waals surface area contributed by atoms with E-state index in [0.717, 1.165) is 30.5 Å². The highest BCUT2D eigenvalue weighted by Gasteiger charge is 2.40. The zero-order chi connectivity index (χ0) is 20.4. The van der Waals surface area contributed by atoms with Gasteiger partial charge in [0.1, 0.15) is 12.6 Å². The fraction of sp³-hybridized carbons (Fsp3) is 0.348. The molecule has 29 heavy (non-hydrogen) atoms. The molecule has 2 aromatic carbocycles. The van der Waals surface area contributed by atoms with E-state index in [4.69, 9.17) is 0 Å². The van der Waals surface area contributed by atoms with Crippen LogP contribution in [0.5, 0.6) is 0 Å². The number of carbonyl (C=O) groups is 3. The summed E-state index contributed by atoms with van der Waals surface area (Å²) in [6.45, 7) is 2.49. The lowest BCUT2D eigenvalue weighted by Gasteiger charge is -2.34. The van der Waals surface area contributed by atoms with Crippen LogP contribution in [-0.2, 0) is 16.0 Å². The van der Waals surface area contributed by atoms with E-state index >= 15 is 0 Å². The third kappa shape index (κ3) is 3.62. The summed E-state index contributed by atoms with van der Waals surface area (Å²) in [6.07, 6.45) is 3.23. The molecule has 0 bridgehead atoms. The van der Waals surface area contributed by atoms with Gasteiger partial charge in [-0.25, -0.2) is 0 Å². The van der Waals surface area contributed by atoms with E-state index in [0.29, 0.717) is 24.2 Å². The number of rotatable bonds is 4. The third-order valence-corrected chi connectivity index (χ3v) is 5.71. The van der Waals surface area contributed by atoms with Gasteiger partial charge in [-0.1, -0.05) is 37.3 Å². The van der Waals surface area contributed by atoms with Gasteiger partial charge in [0, 0.05) is 12.2 Å². The molecule has 1 unspecified atom stereocenters. The second kappa shape index (κ2) is 8.07. The number of piperidine rings is 1. The number of aryl methyl sites for hydroxylation is 1. The lowest BCUT2D eigenvalue weighted by atomic mass is 10.0. The SMILES string of the molecule is CCc1ccccc1NC(=O)CN1C(=O)C2CCCCN2C(=O)c2ccccc21. The maximum Gasteiger partial charge on any atom is 0.256 e. The molecule has 0 saturated carbocycles. The lowest BCUT2D eigenvalue weighted by molar-refractivity contribution is -0.125. The first kappa shape index (κ1) is 19.2. The first-order valence-electron chi connectivity index (χ1n) is 10.2. The van der Waals surface area contributed by atoms with Gasteiger partial charge in [0.25, 0.3) is 5.91 Å². The molecular weight excluding hydrogens is 366 g/mol. The Bertz CT molecular complexity index is 956. The van der Waals surface area contributed by atoms with Gasteiger partial charge < -0.3 is 15.1 Å². The van der Waals surface area contributed by atoms with E-state index in [1.54, 1.807) is 29.2 Å². The molecule has 0 aliphatic carbocycles. The van der Waals surface area contributed by atoms with Crippen molar-refractivity contribution >= 4 is 29.1 Å². The van der Waals surface area contributed by atoms with Crippen LogP contribution in [0.3, 0.4) is 0 Å². The molecule has 0 radical (unpaired) electrons. The molecule has 2 aliphatic rings. The van der Waals surface area contributed by atoms with Gasteiger partial charge in [-0.15, -0.1) is 0 Å². The van der Waals surface area contributed by atoms with Crippen LogP contribution in [0, 0.1) is 0 Å². The van der Waals surface area contributed by atoms with Crippen LogP contribution in [-0.4, -0.2) is 41.8 Å². The number of fused-ring (bicyclic) bond motifs is 2. The Morgan fingerprint density at radius 1 is 1.07 bits per heavy atom. The Balaban J connectivity index is 1.64. The van der Waals surface area contributed by atoms with Crippen molar-refractivity contribution in [1.82, 2.24) is 4.90 Å². The molecular formula is C23H25N3O3. The second-order valence-electron chi connectivity index (χ2n) is 7.51. The molecule has 150 valence electrons. The minimum atomic E-state index is -0.501. The van der Waals surface area contributed by atoms with Crippen molar-refractivity contribution in [2.24, 2.45) is 0 Å². The summed E-state index contributed by atoms with van der Waals surface area (Å²) in [6, 6.07) is 14.2. The van der Waals surface area contributed by atoms with Crippen LogP contribution >= 0.6 is 0 Å². The number of nitrogens with one attached hydrogen (secondary N) is 1. The number of benzene rings is 2. The number of hydrogen-bond acceptors (Lipinski definition) is 3. The smallest absolute Gasteiger partial charge is 0.256 e. The predicted molar refractivity (Wildman–Crippen MR) is 112 cm³/mol. The Morgan fingerprint density at radius 3 is 2.66 bits per heavy atom. The van der Waals surface area contributed by atoms with E-state index in [-0.39, 0.29) is 24.3 Å². The summed E-state index contributed by atoms with van der Waals surface area (Å²) in [7, 11) is 0. The molecule has 3 amide bonds. The van der Waals surface area contributed by atoms with Crippen LogP contribution in [0.25, 0.3) is 0 Å². The summed E-state index contributed by atoms with van der Waals surface area (Å²) in [5.41, 5.74) is 2.78. The van der Waals surface area contributed by atoms with Gasteiger partial charge in [-0.3, -0.25) is 14.4 Å².